The minimum atomic E-state index is -3.43. The summed E-state index contributed by atoms with van der Waals surface area (Å²) in [4.78, 5) is 16.4. The average molecular weight is 360 g/mol. The molecule has 0 aliphatic rings. The Morgan fingerprint density at radius 3 is 2.62 bits per heavy atom. The van der Waals surface area contributed by atoms with Crippen LogP contribution in [-0.2, 0) is 14.6 Å². The Labute approximate surface area is 144 Å². The first-order valence-electron chi connectivity index (χ1n) is 7.29. The summed E-state index contributed by atoms with van der Waals surface area (Å²) in [6.45, 7) is 1.36. The van der Waals surface area contributed by atoms with Crippen molar-refractivity contribution in [2.24, 2.45) is 0 Å². The van der Waals surface area contributed by atoms with E-state index in [4.69, 9.17) is 0 Å². The summed E-state index contributed by atoms with van der Waals surface area (Å²) in [7, 11) is -3.43. The summed E-state index contributed by atoms with van der Waals surface area (Å²) in [5.74, 6) is -0.573. The van der Waals surface area contributed by atoms with Crippen LogP contribution in [0.1, 0.15) is 6.92 Å². The number of benzene rings is 2. The normalized spacial score (nSPS) is 12.9. The van der Waals surface area contributed by atoms with Gasteiger partial charge in [-0.25, -0.2) is 13.4 Å². The number of carbonyl (C=O) groups excluding carboxylic acids is 1. The molecule has 1 aromatic heterocycles. The van der Waals surface area contributed by atoms with Gasteiger partial charge in [-0.1, -0.05) is 42.5 Å². The summed E-state index contributed by atoms with van der Waals surface area (Å²) in [5.41, 5.74) is 1.72. The van der Waals surface area contributed by atoms with Crippen LogP contribution in [0.4, 0.5) is 5.13 Å². The van der Waals surface area contributed by atoms with Gasteiger partial charge in [0.05, 0.1) is 5.69 Å². The highest BCUT2D eigenvalue weighted by atomic mass is 32.2. The van der Waals surface area contributed by atoms with Crippen molar-refractivity contribution >= 4 is 43.0 Å². The molecule has 5 nitrogen and oxygen atoms in total. The van der Waals surface area contributed by atoms with Crippen LogP contribution >= 0.6 is 11.3 Å². The molecule has 3 aromatic rings. The lowest BCUT2D eigenvalue weighted by atomic mass is 10.0. The predicted octanol–water partition coefficient (Wildman–Crippen LogP) is 3.33. The second-order valence-corrected chi connectivity index (χ2v) is 8.75. The van der Waals surface area contributed by atoms with E-state index in [2.05, 4.69) is 10.3 Å². The van der Waals surface area contributed by atoms with E-state index in [9.17, 15) is 13.2 Å². The van der Waals surface area contributed by atoms with Crippen LogP contribution in [-0.4, -0.2) is 30.8 Å². The molecule has 0 unspecified atom stereocenters. The summed E-state index contributed by atoms with van der Waals surface area (Å²) in [5, 5.41) is 5.89. The monoisotopic (exact) mass is 360 g/mol. The number of aromatic nitrogens is 1. The number of rotatable bonds is 4. The zero-order valence-electron chi connectivity index (χ0n) is 13.2. The first-order valence-corrected chi connectivity index (χ1v) is 10.1. The van der Waals surface area contributed by atoms with Crippen LogP contribution in [0.2, 0.25) is 0 Å². The second kappa shape index (κ2) is 6.33. The van der Waals surface area contributed by atoms with Crippen LogP contribution in [0.5, 0.6) is 0 Å². The van der Waals surface area contributed by atoms with E-state index in [-0.39, 0.29) is 0 Å². The molecule has 0 aliphatic carbocycles. The van der Waals surface area contributed by atoms with Crippen LogP contribution < -0.4 is 5.32 Å². The minimum absolute atomic E-state index is 0.387. The number of fused-ring (bicyclic) bond motifs is 1. The molecule has 0 aliphatic heterocycles. The molecule has 0 spiro atoms. The Morgan fingerprint density at radius 2 is 1.88 bits per heavy atom. The molecule has 3 rings (SSSR count). The topological polar surface area (TPSA) is 76.1 Å². The summed E-state index contributed by atoms with van der Waals surface area (Å²) < 4.78 is 22.9. The minimum Gasteiger partial charge on any atom is -0.301 e. The van der Waals surface area contributed by atoms with E-state index >= 15 is 0 Å². The maximum Gasteiger partial charge on any atom is 0.244 e. The van der Waals surface area contributed by atoms with Gasteiger partial charge < -0.3 is 5.32 Å². The molecule has 0 bridgehead atoms. The predicted molar refractivity (Wildman–Crippen MR) is 98.0 cm³/mol. The van der Waals surface area contributed by atoms with Crippen molar-refractivity contribution in [1.82, 2.24) is 4.98 Å². The van der Waals surface area contributed by atoms with Crippen LogP contribution in [0.15, 0.2) is 47.8 Å². The van der Waals surface area contributed by atoms with Gasteiger partial charge in [-0.15, -0.1) is 11.3 Å². The molecule has 0 saturated heterocycles. The third-order valence-electron chi connectivity index (χ3n) is 3.81. The Kier molecular flexibility index (Phi) is 4.38. The molecular weight excluding hydrogens is 344 g/mol. The van der Waals surface area contributed by atoms with E-state index in [1.54, 1.807) is 0 Å². The van der Waals surface area contributed by atoms with Crippen molar-refractivity contribution in [3.05, 3.63) is 47.8 Å². The zero-order chi connectivity index (χ0) is 17.3. The molecule has 0 radical (unpaired) electrons. The van der Waals surface area contributed by atoms with Crippen LogP contribution in [0, 0.1) is 0 Å². The number of nitrogens with one attached hydrogen (secondary N) is 1. The van der Waals surface area contributed by atoms with Gasteiger partial charge in [-0.05, 0) is 17.7 Å². The SMILES string of the molecule is C[C@H](C(=O)Nc1nc(-c2cccc3ccccc23)cs1)S(C)(=O)=O. The van der Waals surface area contributed by atoms with Crippen molar-refractivity contribution in [2.45, 2.75) is 12.2 Å². The number of nitrogens with zero attached hydrogens (tertiary/aromatic N) is 1. The van der Waals surface area contributed by atoms with E-state index in [0.29, 0.717) is 5.13 Å². The fourth-order valence-corrected chi connectivity index (χ4v) is 3.47. The maximum absolute atomic E-state index is 12.0. The van der Waals surface area contributed by atoms with Crippen LogP contribution in [0.25, 0.3) is 22.0 Å². The lowest BCUT2D eigenvalue weighted by molar-refractivity contribution is -0.115. The summed E-state index contributed by atoms with van der Waals surface area (Å²) in [6, 6.07) is 14.0. The number of hydrogen-bond donors (Lipinski definition) is 1. The van der Waals surface area contributed by atoms with Gasteiger partial charge in [0.1, 0.15) is 5.25 Å². The molecule has 1 N–H and O–H groups in total. The standard InChI is InChI=1S/C17H16N2O3S2/c1-11(24(2,21)22)16(20)19-17-18-15(10-23-17)14-9-5-7-12-6-3-4-8-13(12)14/h3-11H,1-2H3,(H,18,19,20)/t11-/m1/s1. The Bertz CT molecular complexity index is 1000. The van der Waals surface area contributed by atoms with Gasteiger partial charge in [0, 0.05) is 17.2 Å². The number of sulfone groups is 1. The average Bonchev–Trinajstić information content (AvgIpc) is 3.01. The van der Waals surface area contributed by atoms with Gasteiger partial charge in [0.25, 0.3) is 0 Å². The smallest absolute Gasteiger partial charge is 0.244 e. The molecule has 1 amide bonds. The van der Waals surface area contributed by atoms with Crippen molar-refractivity contribution in [1.29, 1.82) is 0 Å². The summed E-state index contributed by atoms with van der Waals surface area (Å²) in [6.07, 6.45) is 1.04. The fourth-order valence-electron chi connectivity index (χ4n) is 2.31. The number of anilines is 1. The molecule has 24 heavy (non-hydrogen) atoms. The van der Waals surface area contributed by atoms with Crippen molar-refractivity contribution in [3.8, 4) is 11.3 Å². The van der Waals surface area contributed by atoms with E-state index < -0.39 is 21.0 Å². The van der Waals surface area contributed by atoms with E-state index in [1.165, 1.54) is 18.3 Å². The molecule has 2 aromatic carbocycles. The van der Waals surface area contributed by atoms with Gasteiger partial charge in [-0.2, -0.15) is 0 Å². The largest absolute Gasteiger partial charge is 0.301 e. The second-order valence-electron chi connectivity index (χ2n) is 5.53. The van der Waals surface area contributed by atoms with Gasteiger partial charge in [-0.3, -0.25) is 4.79 Å². The highest BCUT2D eigenvalue weighted by molar-refractivity contribution is 7.92. The number of amides is 1. The quantitative estimate of drug-likeness (QED) is 0.774. The van der Waals surface area contributed by atoms with Crippen molar-refractivity contribution in [2.75, 3.05) is 11.6 Å². The zero-order valence-corrected chi connectivity index (χ0v) is 14.8. The fraction of sp³-hybridized carbons (Fsp3) is 0.176. The van der Waals surface area contributed by atoms with Gasteiger partial charge in [0.15, 0.2) is 15.0 Å². The number of carbonyl (C=O) groups is 1. The molecule has 1 atom stereocenters. The van der Waals surface area contributed by atoms with Gasteiger partial charge in [0.2, 0.25) is 5.91 Å². The molecular formula is C17H16N2O3S2. The Balaban J connectivity index is 1.89. The first-order chi connectivity index (χ1) is 11.4. The molecule has 7 heteroatoms. The summed E-state index contributed by atoms with van der Waals surface area (Å²) >= 11 is 1.27. The number of hydrogen-bond acceptors (Lipinski definition) is 5. The Hall–Kier alpha value is -2.25. The lowest BCUT2D eigenvalue weighted by Crippen LogP contribution is -2.31. The molecule has 1 heterocycles. The van der Waals surface area contributed by atoms with Crippen molar-refractivity contribution < 1.29 is 13.2 Å². The Morgan fingerprint density at radius 1 is 1.17 bits per heavy atom. The molecule has 0 fully saturated rings. The van der Waals surface area contributed by atoms with Gasteiger partial charge >= 0.3 is 0 Å². The van der Waals surface area contributed by atoms with Crippen LogP contribution in [0.3, 0.4) is 0 Å². The van der Waals surface area contributed by atoms with Crippen molar-refractivity contribution in [3.63, 3.8) is 0 Å². The third kappa shape index (κ3) is 3.32. The maximum atomic E-state index is 12.0. The molecule has 124 valence electrons. The highest BCUT2D eigenvalue weighted by Gasteiger charge is 2.24. The first kappa shape index (κ1) is 16.6. The molecule has 0 saturated carbocycles. The van der Waals surface area contributed by atoms with E-state index in [0.717, 1.165) is 28.3 Å². The highest BCUT2D eigenvalue weighted by Crippen LogP contribution is 2.31. The number of thiazole rings is 1. The lowest BCUT2D eigenvalue weighted by Gasteiger charge is -2.08. The third-order valence-corrected chi connectivity index (χ3v) is 6.07. The van der Waals surface area contributed by atoms with E-state index in [1.807, 2.05) is 47.8 Å².